The highest BCUT2D eigenvalue weighted by atomic mass is 19.4. The zero-order valence-electron chi connectivity index (χ0n) is 17.5. The number of nitrogens with zero attached hydrogens (tertiary/aromatic N) is 3. The van der Waals surface area contributed by atoms with Crippen molar-refractivity contribution in [3.63, 3.8) is 0 Å². The number of alkyl halides is 7. The Hall–Kier alpha value is -2.93. The maximum Gasteiger partial charge on any atom is 0.420 e. The third kappa shape index (κ3) is 5.53. The summed E-state index contributed by atoms with van der Waals surface area (Å²) < 4.78 is 98.9. The van der Waals surface area contributed by atoms with Crippen LogP contribution in [0.1, 0.15) is 50.9 Å². The largest absolute Gasteiger partial charge is 0.449 e. The van der Waals surface area contributed by atoms with Crippen LogP contribution in [0.15, 0.2) is 12.1 Å². The second-order valence-electron chi connectivity index (χ2n) is 7.31. The van der Waals surface area contributed by atoms with Crippen LogP contribution in [-0.2, 0) is 16.8 Å². The molecule has 0 radical (unpaired) electrons. The molecule has 0 saturated carbocycles. The zero-order chi connectivity index (χ0) is 25.1. The normalized spacial score (nSPS) is 13.5. The maximum absolute atomic E-state index is 14.2. The smallest absolute Gasteiger partial charge is 0.420 e. The number of fused-ring (bicyclic) bond motifs is 1. The van der Waals surface area contributed by atoms with Crippen molar-refractivity contribution in [1.82, 2.24) is 9.55 Å². The van der Waals surface area contributed by atoms with Gasteiger partial charge in [-0.3, -0.25) is 10.1 Å². The minimum absolute atomic E-state index is 0.0210. The van der Waals surface area contributed by atoms with Crippen LogP contribution in [0.4, 0.5) is 41.2 Å². The van der Waals surface area contributed by atoms with Gasteiger partial charge >= 0.3 is 24.6 Å². The van der Waals surface area contributed by atoms with Gasteiger partial charge in [0.1, 0.15) is 0 Å². The molecule has 0 aliphatic rings. The molecule has 0 aliphatic carbocycles. The molecular formula is C19H20F7N3O4. The lowest BCUT2D eigenvalue weighted by atomic mass is 10.0. The Bertz CT molecular complexity index is 1020. The van der Waals surface area contributed by atoms with Gasteiger partial charge in [0.25, 0.3) is 5.69 Å². The molecule has 1 atom stereocenters. The number of nitro groups is 1. The van der Waals surface area contributed by atoms with Gasteiger partial charge in [-0.05, 0) is 18.4 Å². The van der Waals surface area contributed by atoms with E-state index in [9.17, 15) is 45.6 Å². The summed E-state index contributed by atoms with van der Waals surface area (Å²) in [7, 11) is 0. The monoisotopic (exact) mass is 487 g/mol. The van der Waals surface area contributed by atoms with Gasteiger partial charge in [0.15, 0.2) is 11.3 Å². The van der Waals surface area contributed by atoms with E-state index < -0.39 is 57.6 Å². The van der Waals surface area contributed by atoms with Gasteiger partial charge in [0.05, 0.1) is 22.6 Å². The molecule has 184 valence electrons. The Kier molecular flexibility index (Phi) is 7.91. The number of nitro benzene ring substituents is 1. The van der Waals surface area contributed by atoms with Crippen LogP contribution in [0.25, 0.3) is 11.0 Å². The molecule has 1 aromatic carbocycles. The number of hydrogen-bond acceptors (Lipinski definition) is 5. The lowest BCUT2D eigenvalue weighted by Crippen LogP contribution is -2.31. The highest BCUT2D eigenvalue weighted by molar-refractivity contribution is 5.93. The number of aromatic nitrogens is 2. The predicted molar refractivity (Wildman–Crippen MR) is 101 cm³/mol. The number of carbonyl (C=O) groups is 1. The van der Waals surface area contributed by atoms with Crippen LogP contribution in [0.2, 0.25) is 0 Å². The Morgan fingerprint density at radius 2 is 1.85 bits per heavy atom. The first-order chi connectivity index (χ1) is 15.2. The van der Waals surface area contributed by atoms with Gasteiger partial charge in [0, 0.05) is 6.07 Å². The minimum Gasteiger partial charge on any atom is -0.449 e. The molecule has 0 N–H and O–H groups in total. The van der Waals surface area contributed by atoms with Crippen LogP contribution in [0.5, 0.6) is 0 Å². The molecule has 0 spiro atoms. The van der Waals surface area contributed by atoms with Gasteiger partial charge in [-0.2, -0.15) is 22.0 Å². The van der Waals surface area contributed by atoms with Crippen molar-refractivity contribution in [3.05, 3.63) is 33.6 Å². The van der Waals surface area contributed by atoms with E-state index in [1.807, 2.05) is 6.92 Å². The maximum atomic E-state index is 14.2. The fraction of sp³-hybridized carbons (Fsp3) is 0.579. The number of ether oxygens (including phenoxy) is 1. The van der Waals surface area contributed by atoms with Crippen molar-refractivity contribution in [3.8, 4) is 0 Å². The van der Waals surface area contributed by atoms with Gasteiger partial charge in [-0.25, -0.2) is 23.1 Å². The summed E-state index contributed by atoms with van der Waals surface area (Å²) in [5.41, 5.74) is -5.22. The van der Waals surface area contributed by atoms with Gasteiger partial charge in [0.2, 0.25) is 0 Å². The number of hydrogen-bond donors (Lipinski definition) is 0. The van der Waals surface area contributed by atoms with Crippen LogP contribution in [0.3, 0.4) is 0 Å². The van der Waals surface area contributed by atoms with Gasteiger partial charge < -0.3 is 4.74 Å². The summed E-state index contributed by atoms with van der Waals surface area (Å²) in [4.78, 5) is 25.6. The number of rotatable bonds is 9. The average Bonchev–Trinajstić information content (AvgIpc) is 3.12. The van der Waals surface area contributed by atoms with E-state index in [2.05, 4.69) is 4.98 Å². The van der Waals surface area contributed by atoms with E-state index in [0.29, 0.717) is 12.8 Å². The molecule has 1 aromatic heterocycles. The van der Waals surface area contributed by atoms with Crippen LogP contribution < -0.4 is 0 Å². The third-order valence-corrected chi connectivity index (χ3v) is 5.00. The van der Waals surface area contributed by atoms with Crippen molar-refractivity contribution in [2.24, 2.45) is 5.92 Å². The second-order valence-corrected chi connectivity index (χ2v) is 7.31. The Morgan fingerprint density at radius 1 is 1.21 bits per heavy atom. The van der Waals surface area contributed by atoms with E-state index in [-0.39, 0.29) is 29.2 Å². The van der Waals surface area contributed by atoms with Crippen molar-refractivity contribution < 1.29 is 45.2 Å². The number of non-ortho nitro benzene ring substituents is 1. The first-order valence-corrected chi connectivity index (χ1v) is 9.87. The quantitative estimate of drug-likeness (QED) is 0.228. The van der Waals surface area contributed by atoms with E-state index in [0.717, 1.165) is 12.8 Å². The van der Waals surface area contributed by atoms with E-state index in [4.69, 9.17) is 4.74 Å². The van der Waals surface area contributed by atoms with Gasteiger partial charge in [-0.15, -0.1) is 0 Å². The summed E-state index contributed by atoms with van der Waals surface area (Å²) in [5.74, 6) is -7.29. The Balaban J connectivity index is 2.71. The van der Waals surface area contributed by atoms with E-state index in [1.165, 1.54) is 0 Å². The molecule has 0 fully saturated rings. The first-order valence-electron chi connectivity index (χ1n) is 9.87. The molecular weight excluding hydrogens is 467 g/mol. The third-order valence-electron chi connectivity index (χ3n) is 5.00. The first kappa shape index (κ1) is 26.3. The molecule has 1 heterocycles. The van der Waals surface area contributed by atoms with E-state index >= 15 is 0 Å². The number of unbranched alkanes of at least 4 members (excludes halogenated alkanes) is 1. The molecule has 14 heteroatoms. The molecule has 7 nitrogen and oxygen atoms in total. The Labute approximate surface area is 182 Å². The van der Waals surface area contributed by atoms with Crippen molar-refractivity contribution in [1.29, 1.82) is 0 Å². The summed E-state index contributed by atoms with van der Waals surface area (Å²) in [5, 5.41) is 11.3. The highest BCUT2D eigenvalue weighted by Crippen LogP contribution is 2.40. The number of carbonyl (C=O) groups excluding carboxylic acids is 1. The fourth-order valence-corrected chi connectivity index (χ4v) is 3.12. The number of halogens is 7. The SMILES string of the molecule is CCCCC(CC)COC(=O)n1c(C(F)(F)C(F)F)nc2c([N+](=O)[O-])cc(C(F)(F)F)cc21. The molecule has 0 saturated heterocycles. The fourth-order valence-electron chi connectivity index (χ4n) is 3.12. The second kappa shape index (κ2) is 9.91. The lowest BCUT2D eigenvalue weighted by molar-refractivity contribution is -0.383. The molecule has 2 aromatic rings. The molecule has 1 unspecified atom stereocenters. The topological polar surface area (TPSA) is 87.3 Å². The Morgan fingerprint density at radius 3 is 2.33 bits per heavy atom. The number of benzene rings is 1. The number of imidazole rings is 1. The van der Waals surface area contributed by atoms with Crippen LogP contribution >= 0.6 is 0 Å². The van der Waals surface area contributed by atoms with Gasteiger partial charge in [-0.1, -0.05) is 33.1 Å². The highest BCUT2D eigenvalue weighted by Gasteiger charge is 2.49. The zero-order valence-corrected chi connectivity index (χ0v) is 17.5. The molecule has 2 rings (SSSR count). The molecule has 0 amide bonds. The van der Waals surface area contributed by atoms with Crippen molar-refractivity contribution in [2.75, 3.05) is 6.61 Å². The van der Waals surface area contributed by atoms with Crippen LogP contribution in [0, 0.1) is 16.0 Å². The van der Waals surface area contributed by atoms with Crippen molar-refractivity contribution in [2.45, 2.75) is 58.1 Å². The molecule has 0 bridgehead atoms. The minimum atomic E-state index is -5.17. The summed E-state index contributed by atoms with van der Waals surface area (Å²) in [6.45, 7) is 3.34. The predicted octanol–water partition coefficient (Wildman–Crippen LogP) is 6.52. The molecule has 33 heavy (non-hydrogen) atoms. The summed E-state index contributed by atoms with van der Waals surface area (Å²) >= 11 is 0. The lowest BCUT2D eigenvalue weighted by Gasteiger charge is -2.18. The molecule has 0 aliphatic heterocycles. The standard InChI is InChI=1S/C19H20F7N3O4/c1-3-5-6-10(4-2)9-33-17(30)28-12-7-11(19(24,25)26)8-13(29(31)32)14(12)27-16(28)18(22,23)15(20)21/h7-8,10,15H,3-6,9H2,1-2H3. The van der Waals surface area contributed by atoms with E-state index in [1.54, 1.807) is 6.92 Å². The summed E-state index contributed by atoms with van der Waals surface area (Å²) in [6.07, 6.45) is -8.61. The average molecular weight is 487 g/mol. The van der Waals surface area contributed by atoms with Crippen LogP contribution in [-0.4, -0.2) is 33.6 Å². The van der Waals surface area contributed by atoms with Crippen molar-refractivity contribution >= 4 is 22.8 Å². The summed E-state index contributed by atoms with van der Waals surface area (Å²) in [6, 6.07) is 0.170.